The van der Waals surface area contributed by atoms with Crippen molar-refractivity contribution in [3.05, 3.63) is 76.9 Å². The van der Waals surface area contributed by atoms with Gasteiger partial charge in [0.15, 0.2) is 16.6 Å². The van der Waals surface area contributed by atoms with Crippen molar-refractivity contribution in [1.29, 1.82) is 0 Å². The topological polar surface area (TPSA) is 75.1 Å². The molecule has 1 heterocycles. The van der Waals surface area contributed by atoms with Gasteiger partial charge >= 0.3 is 0 Å². The third-order valence-electron chi connectivity index (χ3n) is 10.4. The lowest BCUT2D eigenvalue weighted by molar-refractivity contribution is -0.0513. The lowest BCUT2D eigenvalue weighted by Gasteiger charge is -2.53. The van der Waals surface area contributed by atoms with Crippen molar-refractivity contribution < 1.29 is 14.6 Å². The van der Waals surface area contributed by atoms with E-state index in [1.807, 2.05) is 43.3 Å². The Morgan fingerprint density at radius 1 is 1.07 bits per heavy atom. The second-order valence-corrected chi connectivity index (χ2v) is 12.9. The zero-order valence-electron chi connectivity index (χ0n) is 24.2. The van der Waals surface area contributed by atoms with Crippen molar-refractivity contribution in [2.24, 2.45) is 22.4 Å². The van der Waals surface area contributed by atoms with Gasteiger partial charge < -0.3 is 19.9 Å². The first-order valence-electron chi connectivity index (χ1n) is 15.1. The Kier molecular flexibility index (Phi) is 6.87. The predicted octanol–water partition coefficient (Wildman–Crippen LogP) is 6.84. The van der Waals surface area contributed by atoms with Crippen molar-refractivity contribution >= 4 is 28.7 Å². The highest BCUT2D eigenvalue weighted by Gasteiger charge is 2.62. The number of hydrazone groups is 1. The summed E-state index contributed by atoms with van der Waals surface area (Å²) in [6, 6.07) is 16.3. The Hall–Kier alpha value is -3.60. The number of para-hydroxylation sites is 1. The van der Waals surface area contributed by atoms with Crippen LogP contribution in [0, 0.1) is 29.1 Å². The van der Waals surface area contributed by atoms with Crippen LogP contribution in [0.4, 0.5) is 5.69 Å². The van der Waals surface area contributed by atoms with E-state index in [1.54, 1.807) is 5.57 Å². The third-order valence-corrected chi connectivity index (χ3v) is 10.6. The van der Waals surface area contributed by atoms with Crippen molar-refractivity contribution in [1.82, 2.24) is 5.43 Å². The fraction of sp³-hybridized carbons (Fsp3) is 0.429. The highest BCUT2D eigenvalue weighted by atomic mass is 32.1. The molecular formula is C35H37N3O3S. The van der Waals surface area contributed by atoms with Crippen molar-refractivity contribution in [2.75, 3.05) is 12.1 Å². The van der Waals surface area contributed by atoms with Gasteiger partial charge in [-0.25, -0.2) is 0 Å². The Morgan fingerprint density at radius 3 is 2.74 bits per heavy atom. The summed E-state index contributed by atoms with van der Waals surface area (Å²) in [5.41, 5.74) is 9.47. The Balaban J connectivity index is 1.23. The van der Waals surface area contributed by atoms with Gasteiger partial charge in [0.05, 0.1) is 5.71 Å². The van der Waals surface area contributed by atoms with Crippen LogP contribution in [0.25, 0.3) is 0 Å². The molecule has 2 saturated carbocycles. The van der Waals surface area contributed by atoms with E-state index < -0.39 is 5.60 Å². The van der Waals surface area contributed by atoms with Gasteiger partial charge in [-0.1, -0.05) is 42.7 Å². The molecule has 7 heteroatoms. The van der Waals surface area contributed by atoms with Crippen LogP contribution < -0.4 is 20.2 Å². The Morgan fingerprint density at radius 2 is 1.90 bits per heavy atom. The fourth-order valence-electron chi connectivity index (χ4n) is 8.41. The highest BCUT2D eigenvalue weighted by Crippen LogP contribution is 2.66. The number of allylic oxidation sites excluding steroid dienone is 4. The largest absolute Gasteiger partial charge is 0.454 e. The predicted molar refractivity (Wildman–Crippen MR) is 169 cm³/mol. The van der Waals surface area contributed by atoms with Crippen LogP contribution in [0.5, 0.6) is 11.5 Å². The maximum Gasteiger partial charge on any atom is 0.231 e. The van der Waals surface area contributed by atoms with Gasteiger partial charge in [-0.2, -0.15) is 5.10 Å². The molecule has 5 aliphatic rings. The van der Waals surface area contributed by atoms with E-state index in [0.29, 0.717) is 16.9 Å². The molecule has 5 atom stereocenters. The number of thiocarbonyl (C=S) groups is 1. The summed E-state index contributed by atoms with van der Waals surface area (Å²) in [5.74, 6) is 8.97. The molecule has 3 N–H and O–H groups in total. The number of aliphatic hydroxyl groups is 1. The van der Waals surface area contributed by atoms with Crippen LogP contribution in [0.3, 0.4) is 0 Å². The zero-order chi connectivity index (χ0) is 28.9. The molecule has 2 aromatic carbocycles. The maximum absolute atomic E-state index is 11.9. The molecule has 0 amide bonds. The van der Waals surface area contributed by atoms with Crippen LogP contribution in [-0.2, 0) is 0 Å². The van der Waals surface area contributed by atoms with E-state index in [-0.39, 0.29) is 18.1 Å². The first kappa shape index (κ1) is 27.2. The number of hydrogen-bond acceptors (Lipinski definition) is 5. The highest BCUT2D eigenvalue weighted by molar-refractivity contribution is 7.80. The number of nitrogens with one attached hydrogen (secondary N) is 2. The minimum Gasteiger partial charge on any atom is -0.454 e. The van der Waals surface area contributed by atoms with E-state index >= 15 is 0 Å². The normalized spacial score (nSPS) is 31.7. The van der Waals surface area contributed by atoms with Crippen LogP contribution in [0.1, 0.15) is 70.3 Å². The summed E-state index contributed by atoms with van der Waals surface area (Å²) in [6.45, 7) is 4.41. The molecule has 7 rings (SSSR count). The van der Waals surface area contributed by atoms with Gasteiger partial charge in [0.1, 0.15) is 5.60 Å². The third kappa shape index (κ3) is 4.53. The van der Waals surface area contributed by atoms with Gasteiger partial charge in [-0.15, -0.1) is 5.92 Å². The lowest BCUT2D eigenvalue weighted by Crippen LogP contribution is -2.51. The van der Waals surface area contributed by atoms with Crippen LogP contribution >= 0.6 is 12.2 Å². The molecule has 0 radical (unpaired) electrons. The number of ether oxygens (including phenoxy) is 2. The molecule has 216 valence electrons. The Bertz CT molecular complexity index is 1590. The van der Waals surface area contributed by atoms with Gasteiger partial charge in [0, 0.05) is 17.0 Å². The number of rotatable bonds is 3. The summed E-state index contributed by atoms with van der Waals surface area (Å²) in [6.07, 6.45) is 8.81. The molecule has 0 spiro atoms. The van der Waals surface area contributed by atoms with Gasteiger partial charge in [-0.3, -0.25) is 5.43 Å². The summed E-state index contributed by atoms with van der Waals surface area (Å²) >= 11 is 5.48. The summed E-state index contributed by atoms with van der Waals surface area (Å²) in [7, 11) is 0. The Labute approximate surface area is 253 Å². The molecule has 2 fully saturated rings. The molecule has 0 bridgehead atoms. The van der Waals surface area contributed by atoms with Crippen LogP contribution in [-0.4, -0.2) is 28.3 Å². The van der Waals surface area contributed by atoms with E-state index in [2.05, 4.69) is 52.8 Å². The van der Waals surface area contributed by atoms with Crippen molar-refractivity contribution in [3.8, 4) is 23.3 Å². The van der Waals surface area contributed by atoms with Crippen LogP contribution in [0.15, 0.2) is 76.4 Å². The lowest BCUT2D eigenvalue weighted by atomic mass is 9.51. The summed E-state index contributed by atoms with van der Waals surface area (Å²) < 4.78 is 11.4. The standard InChI is InChI=1S/C35H37N3O3S/c1-3-16-35(39)17-15-29-27-12-9-22-18-25(37-38-33(42)36-24-7-5-4-6-8-24)11-13-26(22)32(27)28(20-34(29,35)2)23-10-14-30-31(19-23)41-21-40-30/h4-8,10,14,18-19,27-29,39H,9,11-13,15,17,20-21H2,1-2H3,(H2,36,38,42)/t27-,28?,29-,34-,35-/m0/s1. The SMILES string of the molecule is CC#C[C@]1(O)CC[C@H]2[C@@H]3CCC4=CC(=NNC(=S)Nc5ccccc5)CCC4=C3C(c3ccc4c(c3)OCO4)C[C@@]21C. The summed E-state index contributed by atoms with van der Waals surface area (Å²) in [4.78, 5) is 0. The second kappa shape index (κ2) is 10.6. The second-order valence-electron chi connectivity index (χ2n) is 12.5. The molecule has 1 unspecified atom stereocenters. The molecule has 6 nitrogen and oxygen atoms in total. The minimum atomic E-state index is -0.961. The first-order chi connectivity index (χ1) is 20.4. The molecule has 42 heavy (non-hydrogen) atoms. The maximum atomic E-state index is 11.9. The van der Waals surface area contributed by atoms with Crippen molar-refractivity contribution in [2.45, 2.75) is 70.3 Å². The number of nitrogens with zero attached hydrogens (tertiary/aromatic N) is 1. The van der Waals surface area contributed by atoms with Crippen LogP contribution in [0.2, 0.25) is 0 Å². The number of hydrogen-bond donors (Lipinski definition) is 3. The average Bonchev–Trinajstić information content (AvgIpc) is 3.57. The van der Waals surface area contributed by atoms with E-state index in [4.69, 9.17) is 21.7 Å². The summed E-state index contributed by atoms with van der Waals surface area (Å²) in [5, 5.41) is 20.3. The molecule has 4 aliphatic carbocycles. The molecule has 2 aromatic rings. The van der Waals surface area contributed by atoms with E-state index in [0.717, 1.165) is 67.8 Å². The number of fused-ring (bicyclic) bond motifs is 5. The quantitative estimate of drug-likeness (QED) is 0.210. The minimum absolute atomic E-state index is 0.187. The van der Waals surface area contributed by atoms with Gasteiger partial charge in [-0.05, 0) is 123 Å². The zero-order valence-corrected chi connectivity index (χ0v) is 25.0. The van der Waals surface area contributed by atoms with Crippen molar-refractivity contribution in [3.63, 3.8) is 0 Å². The first-order valence-corrected chi connectivity index (χ1v) is 15.5. The van der Waals surface area contributed by atoms with E-state index in [1.165, 1.54) is 16.7 Å². The molecule has 0 aromatic heterocycles. The number of benzene rings is 2. The van der Waals surface area contributed by atoms with E-state index in [9.17, 15) is 5.11 Å². The molecule has 1 aliphatic heterocycles. The average molecular weight is 580 g/mol. The molecule has 0 saturated heterocycles. The van der Waals surface area contributed by atoms with Gasteiger partial charge in [0.25, 0.3) is 0 Å². The molecular weight excluding hydrogens is 542 g/mol. The monoisotopic (exact) mass is 579 g/mol. The number of anilines is 1. The van der Waals surface area contributed by atoms with Gasteiger partial charge in [0.2, 0.25) is 6.79 Å². The smallest absolute Gasteiger partial charge is 0.231 e. The fourth-order valence-corrected chi connectivity index (χ4v) is 8.57.